The summed E-state index contributed by atoms with van der Waals surface area (Å²) in [5.74, 6) is -0.345. The van der Waals surface area contributed by atoms with Gasteiger partial charge in [0.1, 0.15) is 0 Å². The van der Waals surface area contributed by atoms with Crippen LogP contribution < -0.4 is 10.6 Å². The maximum atomic E-state index is 13.4. The van der Waals surface area contributed by atoms with Crippen molar-refractivity contribution in [2.24, 2.45) is 0 Å². The van der Waals surface area contributed by atoms with E-state index in [-0.39, 0.29) is 23.7 Å². The Kier molecular flexibility index (Phi) is 9.36. The van der Waals surface area contributed by atoms with Crippen molar-refractivity contribution in [3.63, 3.8) is 0 Å². The molecule has 1 unspecified atom stereocenters. The summed E-state index contributed by atoms with van der Waals surface area (Å²) in [6, 6.07) is 13.0. The van der Waals surface area contributed by atoms with E-state index < -0.39 is 8.53 Å². The molecule has 3 rings (SSSR count). The Labute approximate surface area is 208 Å². The monoisotopic (exact) mass is 496 g/mol. The van der Waals surface area contributed by atoms with Crippen LogP contribution in [0.3, 0.4) is 0 Å². The number of carbonyl (C=O) groups excluding carboxylic acids is 2. The second-order valence-electron chi connectivity index (χ2n) is 8.67. The highest BCUT2D eigenvalue weighted by molar-refractivity contribution is 7.44. The van der Waals surface area contributed by atoms with Crippen molar-refractivity contribution in [2.45, 2.75) is 46.2 Å². The molecule has 35 heavy (non-hydrogen) atoms. The van der Waals surface area contributed by atoms with Crippen LogP contribution in [-0.2, 0) is 9.05 Å². The Morgan fingerprint density at radius 3 is 2.00 bits per heavy atom. The van der Waals surface area contributed by atoms with Gasteiger partial charge in [-0.1, -0.05) is 24.3 Å². The lowest BCUT2D eigenvalue weighted by molar-refractivity contribution is 0.0980. The van der Waals surface area contributed by atoms with Crippen LogP contribution in [0.4, 0.5) is 11.4 Å². The molecule has 9 heteroatoms. The molecule has 2 aromatic rings. The van der Waals surface area contributed by atoms with E-state index in [9.17, 15) is 9.59 Å². The first kappa shape index (κ1) is 26.8. The molecular formula is C26H33N4O4P. The Morgan fingerprint density at radius 2 is 1.46 bits per heavy atom. The number of rotatable bonds is 12. The van der Waals surface area contributed by atoms with Crippen LogP contribution in [-0.4, -0.2) is 55.1 Å². The number of anilines is 2. The number of carbonyl (C=O) groups is 2. The second-order valence-corrected chi connectivity index (χ2v) is 10.1. The molecule has 186 valence electrons. The molecule has 1 aliphatic rings. The zero-order valence-electron chi connectivity index (χ0n) is 20.9. The summed E-state index contributed by atoms with van der Waals surface area (Å²) in [5, 5.41) is 15.2. The van der Waals surface area contributed by atoms with Gasteiger partial charge in [-0.15, -0.1) is 0 Å². The van der Waals surface area contributed by atoms with Gasteiger partial charge in [-0.25, -0.2) is 4.67 Å². The summed E-state index contributed by atoms with van der Waals surface area (Å²) in [5.41, 5.74) is 2.80. The summed E-state index contributed by atoms with van der Waals surface area (Å²) in [6.07, 6.45) is 0.298. The third-order valence-corrected chi connectivity index (χ3v) is 7.73. The van der Waals surface area contributed by atoms with Crippen LogP contribution >= 0.6 is 8.53 Å². The maximum absolute atomic E-state index is 13.4. The van der Waals surface area contributed by atoms with E-state index in [0.717, 1.165) is 0 Å². The number of hydrogen-bond acceptors (Lipinski definition) is 8. The second kappa shape index (κ2) is 12.2. The summed E-state index contributed by atoms with van der Waals surface area (Å²) in [7, 11) is 0.383. The average molecular weight is 497 g/mol. The Hall–Kier alpha value is -2.82. The van der Waals surface area contributed by atoms with Crippen LogP contribution in [0.5, 0.6) is 0 Å². The minimum absolute atomic E-state index is 0.168. The number of ketones is 2. The van der Waals surface area contributed by atoms with Gasteiger partial charge in [-0.3, -0.25) is 9.59 Å². The largest absolute Gasteiger partial charge is 0.388 e. The number of hydrogen-bond donors (Lipinski definition) is 2. The molecule has 2 aromatic carbocycles. The highest BCUT2D eigenvalue weighted by Gasteiger charge is 2.33. The van der Waals surface area contributed by atoms with Crippen LogP contribution in [0.25, 0.3) is 0 Å². The third kappa shape index (κ3) is 5.88. The van der Waals surface area contributed by atoms with Gasteiger partial charge in [-0.2, -0.15) is 5.26 Å². The van der Waals surface area contributed by atoms with Crippen molar-refractivity contribution in [3.05, 3.63) is 58.7 Å². The summed E-state index contributed by atoms with van der Waals surface area (Å²) in [6.45, 7) is 9.39. The number of nitrogens with zero attached hydrogens (tertiary/aromatic N) is 2. The summed E-state index contributed by atoms with van der Waals surface area (Å²) >= 11 is 0. The number of fused-ring (bicyclic) bond motifs is 2. The molecule has 0 heterocycles. The van der Waals surface area contributed by atoms with Gasteiger partial charge in [0, 0.05) is 48.2 Å². The van der Waals surface area contributed by atoms with Gasteiger partial charge in [0.05, 0.1) is 36.8 Å². The fraction of sp³-hybridized carbons (Fsp3) is 0.423. The highest BCUT2D eigenvalue weighted by atomic mass is 31.2. The fourth-order valence-corrected chi connectivity index (χ4v) is 5.79. The van der Waals surface area contributed by atoms with E-state index in [0.29, 0.717) is 59.8 Å². The van der Waals surface area contributed by atoms with Crippen molar-refractivity contribution >= 4 is 31.5 Å². The van der Waals surface area contributed by atoms with Crippen LogP contribution in [0.1, 0.15) is 66.0 Å². The Bertz CT molecular complexity index is 1110. The van der Waals surface area contributed by atoms with E-state index >= 15 is 0 Å². The number of benzene rings is 2. The summed E-state index contributed by atoms with van der Waals surface area (Å²) in [4.78, 5) is 26.6. The normalized spacial score (nSPS) is 13.6. The van der Waals surface area contributed by atoms with Crippen LogP contribution in [0.2, 0.25) is 0 Å². The Balaban J connectivity index is 1.77. The zero-order chi connectivity index (χ0) is 25.5. The Morgan fingerprint density at radius 1 is 0.914 bits per heavy atom. The molecule has 0 amide bonds. The highest BCUT2D eigenvalue weighted by Crippen LogP contribution is 2.46. The van der Waals surface area contributed by atoms with Crippen molar-refractivity contribution in [2.75, 3.05) is 37.4 Å². The van der Waals surface area contributed by atoms with E-state index in [1.807, 2.05) is 6.07 Å². The van der Waals surface area contributed by atoms with Gasteiger partial charge in [0.25, 0.3) is 8.53 Å². The minimum atomic E-state index is -1.35. The van der Waals surface area contributed by atoms with Gasteiger partial charge in [0.15, 0.2) is 11.6 Å². The smallest absolute Gasteiger partial charge is 0.259 e. The minimum Gasteiger partial charge on any atom is -0.388 e. The quantitative estimate of drug-likeness (QED) is 0.260. The third-order valence-electron chi connectivity index (χ3n) is 5.63. The zero-order valence-corrected chi connectivity index (χ0v) is 21.8. The van der Waals surface area contributed by atoms with Gasteiger partial charge < -0.3 is 19.7 Å². The number of nitrogens with one attached hydrogen (secondary N) is 2. The lowest BCUT2D eigenvalue weighted by Gasteiger charge is -2.35. The number of nitriles is 1. The lowest BCUT2D eigenvalue weighted by atomic mass is 9.82. The first-order valence-corrected chi connectivity index (χ1v) is 12.9. The van der Waals surface area contributed by atoms with Crippen molar-refractivity contribution < 1.29 is 18.6 Å². The molecule has 0 saturated heterocycles. The molecule has 0 bridgehead atoms. The average Bonchev–Trinajstić information content (AvgIpc) is 2.84. The van der Waals surface area contributed by atoms with E-state index in [2.05, 4.69) is 49.1 Å². The van der Waals surface area contributed by atoms with Crippen LogP contribution in [0.15, 0.2) is 36.4 Å². The molecule has 0 spiro atoms. The predicted octanol–water partition coefficient (Wildman–Crippen LogP) is 5.21. The molecule has 1 aliphatic carbocycles. The van der Waals surface area contributed by atoms with Crippen molar-refractivity contribution in [3.8, 4) is 6.07 Å². The fourth-order valence-electron chi connectivity index (χ4n) is 4.20. The molecule has 1 atom stereocenters. The summed E-state index contributed by atoms with van der Waals surface area (Å²) < 4.78 is 14.2. The first-order valence-electron chi connectivity index (χ1n) is 11.8. The molecule has 0 aromatic heterocycles. The van der Waals surface area contributed by atoms with Crippen LogP contribution in [0, 0.1) is 11.3 Å². The molecule has 0 aliphatic heterocycles. The maximum Gasteiger partial charge on any atom is 0.259 e. The topological polar surface area (TPSA) is 104 Å². The van der Waals surface area contributed by atoms with E-state index in [4.69, 9.17) is 14.3 Å². The standard InChI is InChI=1S/C26H33N4O4P/c1-17(2)30(18(3)4)35(33-15-8-13-27)34-16-14-29-22-12-11-21(28-5)23-24(22)26(32)20-10-7-6-9-19(20)25(23)31/h6-7,9-12,17-18,28-29H,8,14-16H2,1-5H3. The molecular weight excluding hydrogens is 463 g/mol. The predicted molar refractivity (Wildman–Crippen MR) is 139 cm³/mol. The lowest BCUT2D eigenvalue weighted by Crippen LogP contribution is -2.34. The van der Waals surface area contributed by atoms with Gasteiger partial charge in [0.2, 0.25) is 0 Å². The molecule has 0 saturated carbocycles. The molecule has 0 fully saturated rings. The molecule has 8 nitrogen and oxygen atoms in total. The van der Waals surface area contributed by atoms with E-state index in [1.165, 1.54) is 0 Å². The van der Waals surface area contributed by atoms with Crippen molar-refractivity contribution in [1.82, 2.24) is 4.67 Å². The SMILES string of the molecule is CNc1ccc(NCCOP(OCCC#N)N(C(C)C)C(C)C)c2c1C(=O)c1ccccc1C2=O. The van der Waals surface area contributed by atoms with E-state index in [1.54, 1.807) is 37.4 Å². The van der Waals surface area contributed by atoms with Gasteiger partial charge in [-0.05, 0) is 39.8 Å². The molecule has 2 N–H and O–H groups in total. The molecule has 0 radical (unpaired) electrons. The van der Waals surface area contributed by atoms with Crippen molar-refractivity contribution in [1.29, 1.82) is 5.26 Å². The van der Waals surface area contributed by atoms with Gasteiger partial charge >= 0.3 is 0 Å². The first-order chi connectivity index (χ1) is 16.8.